The van der Waals surface area contributed by atoms with Gasteiger partial charge in [-0.3, -0.25) is 4.79 Å². The van der Waals surface area contributed by atoms with Gasteiger partial charge in [0, 0.05) is 36.9 Å². The van der Waals surface area contributed by atoms with Crippen LogP contribution >= 0.6 is 0 Å². The molecule has 1 unspecified atom stereocenters. The van der Waals surface area contributed by atoms with Crippen LogP contribution < -0.4 is 21.4 Å². The highest BCUT2D eigenvalue weighted by Gasteiger charge is 2.46. The van der Waals surface area contributed by atoms with E-state index in [-0.39, 0.29) is 35.2 Å². The normalized spacial score (nSPS) is 21.1. The molecular formula is C18H19F3N4O3. The van der Waals surface area contributed by atoms with E-state index in [0.717, 1.165) is 6.20 Å². The minimum absolute atomic E-state index is 0.0459. The Morgan fingerprint density at radius 2 is 2.07 bits per heavy atom. The van der Waals surface area contributed by atoms with Gasteiger partial charge in [-0.15, -0.1) is 0 Å². The lowest BCUT2D eigenvalue weighted by Gasteiger charge is -2.35. The number of anilines is 1. The number of H-pyrrole nitrogens is 1. The second-order valence-corrected chi connectivity index (χ2v) is 7.35. The third-order valence-electron chi connectivity index (χ3n) is 5.46. The number of nitrogens with one attached hydrogen (secondary N) is 2. The number of hydrogen-bond acceptors (Lipinski definition) is 5. The summed E-state index contributed by atoms with van der Waals surface area (Å²) in [6.07, 6.45) is 1.66. The molecule has 7 nitrogen and oxygen atoms in total. The maximum absolute atomic E-state index is 15.6. The van der Waals surface area contributed by atoms with Gasteiger partial charge in [0.2, 0.25) is 5.43 Å². The number of aromatic nitrogens is 1. The zero-order chi connectivity index (χ0) is 20.2. The number of pyridine rings is 1. The van der Waals surface area contributed by atoms with Gasteiger partial charge in [0.1, 0.15) is 17.9 Å². The summed E-state index contributed by atoms with van der Waals surface area (Å²) in [4.78, 5) is 27.9. The van der Waals surface area contributed by atoms with Crippen molar-refractivity contribution in [3.8, 4) is 0 Å². The summed E-state index contributed by atoms with van der Waals surface area (Å²) in [7, 11) is 0. The molecule has 2 heterocycles. The first-order valence-electron chi connectivity index (χ1n) is 8.92. The molecule has 4 rings (SSSR count). The van der Waals surface area contributed by atoms with Crippen LogP contribution in [0.15, 0.2) is 11.0 Å². The van der Waals surface area contributed by atoms with Crippen LogP contribution in [0, 0.1) is 11.6 Å². The van der Waals surface area contributed by atoms with Crippen molar-refractivity contribution in [2.24, 2.45) is 5.73 Å². The fourth-order valence-corrected chi connectivity index (χ4v) is 3.81. The molecule has 0 bridgehead atoms. The number of piperazine rings is 1. The van der Waals surface area contributed by atoms with E-state index in [4.69, 9.17) is 5.73 Å². The predicted molar refractivity (Wildman–Crippen MR) is 96.5 cm³/mol. The number of alkyl halides is 1. The quantitative estimate of drug-likeness (QED) is 0.618. The number of hydrogen-bond donors (Lipinski definition) is 4. The van der Waals surface area contributed by atoms with Crippen molar-refractivity contribution in [1.82, 2.24) is 10.3 Å². The van der Waals surface area contributed by atoms with Gasteiger partial charge in [-0.25, -0.2) is 18.0 Å². The van der Waals surface area contributed by atoms with Crippen molar-refractivity contribution in [2.75, 3.05) is 31.2 Å². The van der Waals surface area contributed by atoms with Crippen LogP contribution in [-0.4, -0.2) is 48.4 Å². The molecule has 1 aliphatic heterocycles. The lowest BCUT2D eigenvalue weighted by atomic mass is 9.95. The first-order chi connectivity index (χ1) is 13.3. The molecule has 1 aromatic heterocycles. The second kappa shape index (κ2) is 6.49. The van der Waals surface area contributed by atoms with E-state index < -0.39 is 46.9 Å². The van der Waals surface area contributed by atoms with E-state index in [1.807, 2.05) is 0 Å². The monoisotopic (exact) mass is 396 g/mol. The van der Waals surface area contributed by atoms with Gasteiger partial charge in [-0.1, -0.05) is 0 Å². The maximum atomic E-state index is 15.6. The summed E-state index contributed by atoms with van der Waals surface area (Å²) in [5.74, 6) is -3.51. The van der Waals surface area contributed by atoms with Gasteiger partial charge in [0.05, 0.1) is 16.9 Å². The van der Waals surface area contributed by atoms with Gasteiger partial charge in [0.15, 0.2) is 11.6 Å². The molecule has 1 saturated heterocycles. The van der Waals surface area contributed by atoms with Crippen molar-refractivity contribution in [3.63, 3.8) is 0 Å². The van der Waals surface area contributed by atoms with Gasteiger partial charge in [0.25, 0.3) is 0 Å². The Morgan fingerprint density at radius 3 is 2.68 bits per heavy atom. The highest BCUT2D eigenvalue weighted by molar-refractivity contribution is 5.95. The predicted octanol–water partition coefficient (Wildman–Crippen LogP) is 1.20. The molecule has 2 fully saturated rings. The SMILES string of the molecule is NC1(c2c(F)c(N3CCNC(CF)C3)c(F)c3[nH]cc(C(=O)O)c(=O)c23)CC1. The number of nitrogens with two attached hydrogens (primary N) is 1. The maximum Gasteiger partial charge on any atom is 0.341 e. The number of fused-ring (bicyclic) bond motifs is 1. The highest BCUT2D eigenvalue weighted by atomic mass is 19.1. The van der Waals surface area contributed by atoms with E-state index in [0.29, 0.717) is 19.4 Å². The van der Waals surface area contributed by atoms with Crippen LogP contribution in [0.25, 0.3) is 10.9 Å². The van der Waals surface area contributed by atoms with E-state index in [9.17, 15) is 19.1 Å². The molecule has 150 valence electrons. The largest absolute Gasteiger partial charge is 0.477 e. The molecule has 0 spiro atoms. The number of aromatic carboxylic acids is 1. The van der Waals surface area contributed by atoms with Crippen molar-refractivity contribution in [3.05, 3.63) is 39.2 Å². The standard InChI is InChI=1S/C18H19F3N4O3/c19-5-8-7-25(4-3-23-8)15-12(20)11(18(22)1-2-18)10-14(13(15)21)24-6-9(16(10)26)17(27)28/h6,8,23H,1-5,7,22H2,(H,24,26)(H,27,28). The van der Waals surface area contributed by atoms with Crippen LogP contribution in [0.2, 0.25) is 0 Å². The van der Waals surface area contributed by atoms with Gasteiger partial charge >= 0.3 is 5.97 Å². The number of nitrogens with zero attached hydrogens (tertiary/aromatic N) is 1. The van der Waals surface area contributed by atoms with Gasteiger partial charge in [-0.2, -0.15) is 0 Å². The molecule has 2 aromatic rings. The zero-order valence-electron chi connectivity index (χ0n) is 14.8. The summed E-state index contributed by atoms with van der Waals surface area (Å²) >= 11 is 0. The van der Waals surface area contributed by atoms with Gasteiger partial charge < -0.3 is 26.0 Å². The van der Waals surface area contributed by atoms with E-state index in [2.05, 4.69) is 10.3 Å². The fourth-order valence-electron chi connectivity index (χ4n) is 3.81. The Balaban J connectivity index is 2.02. The zero-order valence-corrected chi connectivity index (χ0v) is 14.8. The first-order valence-corrected chi connectivity index (χ1v) is 8.92. The number of aromatic amines is 1. The Morgan fingerprint density at radius 1 is 1.36 bits per heavy atom. The molecule has 0 amide bonds. The van der Waals surface area contributed by atoms with Crippen molar-refractivity contribution in [1.29, 1.82) is 0 Å². The second-order valence-electron chi connectivity index (χ2n) is 7.35. The van der Waals surface area contributed by atoms with Crippen molar-refractivity contribution < 1.29 is 23.1 Å². The number of rotatable bonds is 4. The molecular weight excluding hydrogens is 377 g/mol. The van der Waals surface area contributed by atoms with Crippen LogP contribution in [0.5, 0.6) is 0 Å². The fraction of sp³-hybridized carbons (Fsp3) is 0.444. The van der Waals surface area contributed by atoms with E-state index in [1.165, 1.54) is 4.90 Å². The number of halogens is 3. The Hall–Kier alpha value is -2.59. The third-order valence-corrected chi connectivity index (χ3v) is 5.46. The lowest BCUT2D eigenvalue weighted by Crippen LogP contribution is -2.52. The smallest absolute Gasteiger partial charge is 0.341 e. The summed E-state index contributed by atoms with van der Waals surface area (Å²) in [6, 6.07) is -0.576. The number of carboxylic acids is 1. The summed E-state index contributed by atoms with van der Waals surface area (Å²) < 4.78 is 43.9. The molecule has 1 saturated carbocycles. The number of carbonyl (C=O) groups is 1. The minimum atomic E-state index is -1.51. The molecule has 1 atom stereocenters. The van der Waals surface area contributed by atoms with Crippen molar-refractivity contribution >= 4 is 22.6 Å². The molecule has 1 aliphatic carbocycles. The lowest BCUT2D eigenvalue weighted by molar-refractivity contribution is 0.0695. The van der Waals surface area contributed by atoms with E-state index in [1.54, 1.807) is 0 Å². The third kappa shape index (κ3) is 2.75. The summed E-state index contributed by atoms with van der Waals surface area (Å²) in [5.41, 5.74) is 2.55. The average molecular weight is 396 g/mol. The molecule has 1 aromatic carbocycles. The molecule has 2 aliphatic rings. The van der Waals surface area contributed by atoms with Crippen LogP contribution in [0.3, 0.4) is 0 Å². The number of benzene rings is 1. The van der Waals surface area contributed by atoms with Crippen molar-refractivity contribution in [2.45, 2.75) is 24.4 Å². The highest BCUT2D eigenvalue weighted by Crippen LogP contribution is 2.48. The Kier molecular flexibility index (Phi) is 4.35. The molecule has 10 heteroatoms. The van der Waals surface area contributed by atoms with Gasteiger partial charge in [-0.05, 0) is 12.8 Å². The minimum Gasteiger partial charge on any atom is -0.477 e. The molecule has 0 radical (unpaired) electrons. The topological polar surface area (TPSA) is 111 Å². The first kappa shape index (κ1) is 18.8. The molecule has 28 heavy (non-hydrogen) atoms. The summed E-state index contributed by atoms with van der Waals surface area (Å²) in [6.45, 7) is -0.0719. The average Bonchev–Trinajstić information content (AvgIpc) is 3.40. The van der Waals surface area contributed by atoms with E-state index >= 15 is 8.78 Å². The Labute approximate surface area is 157 Å². The number of carboxylic acid groups (broad SMARTS) is 1. The van der Waals surface area contributed by atoms with Crippen LogP contribution in [0.4, 0.5) is 18.9 Å². The molecule has 5 N–H and O–H groups in total. The van der Waals surface area contributed by atoms with Crippen LogP contribution in [0.1, 0.15) is 28.8 Å². The van der Waals surface area contributed by atoms with Crippen LogP contribution in [-0.2, 0) is 5.54 Å². The summed E-state index contributed by atoms with van der Waals surface area (Å²) in [5, 5.41) is 11.7. The Bertz CT molecular complexity index is 1040.